The van der Waals surface area contributed by atoms with Crippen LogP contribution >= 0.6 is 0 Å². The SMILES string of the molecule is COc1ccccc1/C=N\NC(=O)[C@H](CC(C)C)NC(=O)COc1ccccc1C. The minimum atomic E-state index is -0.715. The number of aryl methyl sites for hydroxylation is 1. The molecule has 0 aromatic heterocycles. The first-order valence-electron chi connectivity index (χ1n) is 9.84. The number of para-hydroxylation sites is 2. The molecule has 0 saturated heterocycles. The van der Waals surface area contributed by atoms with Crippen molar-refractivity contribution in [3.8, 4) is 11.5 Å². The molecular weight excluding hydrogens is 382 g/mol. The zero-order valence-electron chi connectivity index (χ0n) is 17.8. The van der Waals surface area contributed by atoms with E-state index in [2.05, 4.69) is 15.8 Å². The van der Waals surface area contributed by atoms with Gasteiger partial charge in [0.05, 0.1) is 13.3 Å². The molecule has 7 heteroatoms. The van der Waals surface area contributed by atoms with E-state index in [1.165, 1.54) is 6.21 Å². The first kappa shape index (κ1) is 22.9. The Morgan fingerprint density at radius 3 is 2.40 bits per heavy atom. The fraction of sp³-hybridized carbons (Fsp3) is 0.348. The van der Waals surface area contributed by atoms with Gasteiger partial charge in [-0.25, -0.2) is 5.43 Å². The molecule has 0 aliphatic heterocycles. The molecular formula is C23H29N3O4. The molecule has 2 aromatic carbocycles. The second-order valence-electron chi connectivity index (χ2n) is 7.28. The quantitative estimate of drug-likeness (QED) is 0.465. The van der Waals surface area contributed by atoms with Crippen LogP contribution in [0.2, 0.25) is 0 Å². The van der Waals surface area contributed by atoms with Crippen LogP contribution in [-0.2, 0) is 9.59 Å². The van der Waals surface area contributed by atoms with Crippen LogP contribution in [0.3, 0.4) is 0 Å². The van der Waals surface area contributed by atoms with Crippen LogP contribution in [0.5, 0.6) is 11.5 Å². The van der Waals surface area contributed by atoms with Crippen molar-refractivity contribution in [3.05, 3.63) is 59.7 Å². The van der Waals surface area contributed by atoms with Crippen molar-refractivity contribution in [2.24, 2.45) is 11.0 Å². The molecule has 0 heterocycles. The minimum Gasteiger partial charge on any atom is -0.496 e. The Kier molecular flexibility index (Phi) is 8.87. The summed E-state index contributed by atoms with van der Waals surface area (Å²) in [5.74, 6) is 0.734. The molecule has 0 unspecified atom stereocenters. The maximum atomic E-state index is 12.6. The number of amides is 2. The number of carbonyl (C=O) groups excluding carboxylic acids is 2. The molecule has 30 heavy (non-hydrogen) atoms. The van der Waals surface area contributed by atoms with Gasteiger partial charge in [-0.05, 0) is 43.0 Å². The summed E-state index contributed by atoms with van der Waals surface area (Å²) in [6.45, 7) is 5.70. The number of hydrogen-bond acceptors (Lipinski definition) is 5. The highest BCUT2D eigenvalue weighted by Crippen LogP contribution is 2.16. The van der Waals surface area contributed by atoms with Crippen LogP contribution in [0.4, 0.5) is 0 Å². The Labute approximate surface area is 177 Å². The summed E-state index contributed by atoms with van der Waals surface area (Å²) in [6.07, 6.45) is 1.98. The smallest absolute Gasteiger partial charge is 0.262 e. The van der Waals surface area contributed by atoms with E-state index in [4.69, 9.17) is 9.47 Å². The second-order valence-corrected chi connectivity index (χ2v) is 7.28. The average molecular weight is 412 g/mol. The largest absolute Gasteiger partial charge is 0.496 e. The van der Waals surface area contributed by atoms with Crippen molar-refractivity contribution in [3.63, 3.8) is 0 Å². The molecule has 0 aliphatic rings. The maximum Gasteiger partial charge on any atom is 0.262 e. The number of ether oxygens (including phenoxy) is 2. The van der Waals surface area contributed by atoms with Crippen molar-refractivity contribution in [2.75, 3.05) is 13.7 Å². The number of carbonyl (C=O) groups is 2. The van der Waals surface area contributed by atoms with Gasteiger partial charge in [0.2, 0.25) is 0 Å². The molecule has 0 fully saturated rings. The summed E-state index contributed by atoms with van der Waals surface area (Å²) >= 11 is 0. The topological polar surface area (TPSA) is 89.0 Å². The molecule has 2 N–H and O–H groups in total. The Balaban J connectivity index is 1.94. The maximum absolute atomic E-state index is 12.6. The first-order chi connectivity index (χ1) is 14.4. The second kappa shape index (κ2) is 11.6. The van der Waals surface area contributed by atoms with Crippen LogP contribution in [0, 0.1) is 12.8 Å². The zero-order chi connectivity index (χ0) is 21.9. The number of hydrogen-bond donors (Lipinski definition) is 2. The highest BCUT2D eigenvalue weighted by Gasteiger charge is 2.22. The Hall–Kier alpha value is -3.35. The molecule has 1 atom stereocenters. The molecule has 0 bridgehead atoms. The molecule has 7 nitrogen and oxygen atoms in total. The number of nitrogens with zero attached hydrogens (tertiary/aromatic N) is 1. The van der Waals surface area contributed by atoms with Gasteiger partial charge in [0.1, 0.15) is 17.5 Å². The van der Waals surface area contributed by atoms with Gasteiger partial charge in [-0.15, -0.1) is 0 Å². The number of methoxy groups -OCH3 is 1. The third kappa shape index (κ3) is 7.24. The minimum absolute atomic E-state index is 0.169. The van der Waals surface area contributed by atoms with Crippen LogP contribution in [-0.4, -0.2) is 37.8 Å². The Morgan fingerprint density at radius 1 is 1.07 bits per heavy atom. The van der Waals surface area contributed by atoms with Gasteiger partial charge in [-0.1, -0.05) is 44.2 Å². The fourth-order valence-corrected chi connectivity index (χ4v) is 2.82. The zero-order valence-corrected chi connectivity index (χ0v) is 17.8. The molecule has 0 radical (unpaired) electrons. The number of benzene rings is 2. The third-order valence-electron chi connectivity index (χ3n) is 4.33. The van der Waals surface area contributed by atoms with Crippen molar-refractivity contribution < 1.29 is 19.1 Å². The Bertz CT molecular complexity index is 880. The monoisotopic (exact) mass is 411 g/mol. The van der Waals surface area contributed by atoms with E-state index in [9.17, 15) is 9.59 Å². The van der Waals surface area contributed by atoms with Gasteiger partial charge < -0.3 is 14.8 Å². The van der Waals surface area contributed by atoms with Crippen molar-refractivity contribution >= 4 is 18.0 Å². The van der Waals surface area contributed by atoms with Gasteiger partial charge in [-0.3, -0.25) is 9.59 Å². The summed E-state index contributed by atoms with van der Waals surface area (Å²) in [5, 5.41) is 6.74. The fourth-order valence-electron chi connectivity index (χ4n) is 2.82. The standard InChI is InChI=1S/C23H29N3O4/c1-16(2)13-19(25-22(27)15-30-20-11-7-5-9-17(20)3)23(28)26-24-14-18-10-6-8-12-21(18)29-4/h5-12,14,16,19H,13,15H2,1-4H3,(H,25,27)(H,26,28)/b24-14-/t19-/m0/s1. The molecule has 160 valence electrons. The van der Waals surface area contributed by atoms with E-state index in [-0.39, 0.29) is 24.3 Å². The third-order valence-corrected chi connectivity index (χ3v) is 4.33. The van der Waals surface area contributed by atoms with Crippen LogP contribution < -0.4 is 20.2 Å². The van der Waals surface area contributed by atoms with Crippen LogP contribution in [0.15, 0.2) is 53.6 Å². The van der Waals surface area contributed by atoms with Crippen LogP contribution in [0.25, 0.3) is 0 Å². The highest BCUT2D eigenvalue weighted by atomic mass is 16.5. The normalized spacial score (nSPS) is 11.9. The molecule has 2 aromatic rings. The van der Waals surface area contributed by atoms with E-state index in [0.717, 1.165) is 11.1 Å². The van der Waals surface area contributed by atoms with Gasteiger partial charge in [0.25, 0.3) is 11.8 Å². The summed E-state index contributed by atoms with van der Waals surface area (Å²) in [7, 11) is 1.57. The summed E-state index contributed by atoms with van der Waals surface area (Å²) in [5.41, 5.74) is 4.17. The highest BCUT2D eigenvalue weighted by molar-refractivity contribution is 5.89. The molecule has 2 amide bonds. The van der Waals surface area contributed by atoms with Gasteiger partial charge in [0.15, 0.2) is 6.61 Å². The lowest BCUT2D eigenvalue weighted by Gasteiger charge is -2.19. The predicted molar refractivity (Wildman–Crippen MR) is 117 cm³/mol. The molecule has 0 spiro atoms. The molecule has 2 rings (SSSR count). The number of nitrogens with one attached hydrogen (secondary N) is 2. The lowest BCUT2D eigenvalue weighted by molar-refractivity contribution is -0.130. The number of rotatable bonds is 10. The van der Waals surface area contributed by atoms with E-state index in [0.29, 0.717) is 17.9 Å². The predicted octanol–water partition coefficient (Wildman–Crippen LogP) is 3.06. The van der Waals surface area contributed by atoms with Gasteiger partial charge >= 0.3 is 0 Å². The van der Waals surface area contributed by atoms with E-state index >= 15 is 0 Å². The summed E-state index contributed by atoms with van der Waals surface area (Å²) < 4.78 is 10.8. The average Bonchev–Trinajstić information content (AvgIpc) is 2.72. The molecule has 0 aliphatic carbocycles. The van der Waals surface area contributed by atoms with Crippen molar-refractivity contribution in [1.29, 1.82) is 0 Å². The van der Waals surface area contributed by atoms with E-state index in [1.54, 1.807) is 19.2 Å². The van der Waals surface area contributed by atoms with Crippen LogP contribution in [0.1, 0.15) is 31.4 Å². The summed E-state index contributed by atoms with van der Waals surface area (Å²) in [6, 6.07) is 14.1. The van der Waals surface area contributed by atoms with E-state index in [1.807, 2.05) is 57.2 Å². The van der Waals surface area contributed by atoms with Crippen molar-refractivity contribution in [1.82, 2.24) is 10.7 Å². The van der Waals surface area contributed by atoms with E-state index < -0.39 is 6.04 Å². The lowest BCUT2D eigenvalue weighted by Crippen LogP contribution is -2.47. The molecule has 0 saturated carbocycles. The first-order valence-corrected chi connectivity index (χ1v) is 9.84. The van der Waals surface area contributed by atoms with Gasteiger partial charge in [0, 0.05) is 5.56 Å². The lowest BCUT2D eigenvalue weighted by atomic mass is 10.0. The van der Waals surface area contributed by atoms with Gasteiger partial charge in [-0.2, -0.15) is 5.10 Å². The summed E-state index contributed by atoms with van der Waals surface area (Å²) in [4.78, 5) is 24.9. The van der Waals surface area contributed by atoms with Crippen molar-refractivity contribution in [2.45, 2.75) is 33.2 Å². The number of hydrazone groups is 1. The Morgan fingerprint density at radius 2 is 1.73 bits per heavy atom.